The van der Waals surface area contributed by atoms with Gasteiger partial charge in [0.05, 0.1) is 10.6 Å². The summed E-state index contributed by atoms with van der Waals surface area (Å²) in [5, 5.41) is 18.6. The molecule has 2 N–H and O–H groups in total. The lowest BCUT2D eigenvalue weighted by atomic mass is 10.1. The van der Waals surface area contributed by atoms with Gasteiger partial charge in [0.2, 0.25) is 5.91 Å². The number of thiazole rings is 1. The number of benzene rings is 2. The number of halogens is 1. The lowest BCUT2D eigenvalue weighted by Gasteiger charge is -2.05. The Balaban J connectivity index is 1.54. The Labute approximate surface area is 184 Å². The highest BCUT2D eigenvalue weighted by Gasteiger charge is 2.14. The van der Waals surface area contributed by atoms with Crippen LogP contribution in [0.1, 0.15) is 22.3 Å². The van der Waals surface area contributed by atoms with Crippen LogP contribution in [0.3, 0.4) is 0 Å². The van der Waals surface area contributed by atoms with Crippen LogP contribution in [-0.2, 0) is 4.79 Å². The normalized spacial score (nSPS) is 10.5. The number of nitro groups is 1. The Kier molecular flexibility index (Phi) is 6.91. The molecule has 0 unspecified atom stereocenters. The van der Waals surface area contributed by atoms with E-state index in [1.165, 1.54) is 17.4 Å². The van der Waals surface area contributed by atoms with Crippen LogP contribution in [0.5, 0.6) is 0 Å². The highest BCUT2D eigenvalue weighted by Crippen LogP contribution is 2.29. The zero-order valence-corrected chi connectivity index (χ0v) is 18.2. The van der Waals surface area contributed by atoms with Crippen molar-refractivity contribution in [1.29, 1.82) is 0 Å². The summed E-state index contributed by atoms with van der Waals surface area (Å²) < 4.78 is 0.876. The van der Waals surface area contributed by atoms with Crippen LogP contribution in [-0.4, -0.2) is 28.3 Å². The molecule has 0 bridgehead atoms. The molecule has 2 amide bonds. The Morgan fingerprint density at radius 1 is 1.20 bits per heavy atom. The molecule has 2 aromatic carbocycles. The molecule has 0 fully saturated rings. The molecule has 154 valence electrons. The number of nitrogens with zero attached hydrogens (tertiary/aromatic N) is 2. The monoisotopic (exact) mass is 488 g/mol. The minimum atomic E-state index is -0.434. The SMILES string of the molecule is Cc1ccc(-c2csc(NC(=O)CCNC(=O)c3ccc(Br)cc3)n2)cc1[N+](=O)[O-]. The highest BCUT2D eigenvalue weighted by atomic mass is 79.9. The fourth-order valence-corrected chi connectivity index (χ4v) is 3.60. The number of amides is 2. The van der Waals surface area contributed by atoms with Crippen LogP contribution < -0.4 is 10.6 Å². The number of rotatable bonds is 7. The third-order valence-corrected chi connectivity index (χ3v) is 5.48. The average molecular weight is 489 g/mol. The molecule has 0 aliphatic carbocycles. The predicted octanol–water partition coefficient (Wildman–Crippen LogP) is 4.55. The molecule has 0 aliphatic rings. The van der Waals surface area contributed by atoms with Crippen LogP contribution in [0.4, 0.5) is 10.8 Å². The number of aryl methyl sites for hydroxylation is 1. The van der Waals surface area contributed by atoms with Crippen molar-refractivity contribution in [1.82, 2.24) is 10.3 Å². The summed E-state index contributed by atoms with van der Waals surface area (Å²) >= 11 is 4.53. The van der Waals surface area contributed by atoms with Crippen LogP contribution in [0.15, 0.2) is 52.3 Å². The third-order valence-electron chi connectivity index (χ3n) is 4.20. The van der Waals surface area contributed by atoms with Crippen molar-refractivity contribution in [3.05, 3.63) is 73.6 Å². The second-order valence-corrected chi connectivity index (χ2v) is 8.13. The molecular weight excluding hydrogens is 472 g/mol. The molecule has 3 rings (SSSR count). The molecule has 0 radical (unpaired) electrons. The highest BCUT2D eigenvalue weighted by molar-refractivity contribution is 9.10. The van der Waals surface area contributed by atoms with Crippen molar-refractivity contribution in [3.63, 3.8) is 0 Å². The lowest BCUT2D eigenvalue weighted by Crippen LogP contribution is -2.27. The number of aromatic nitrogens is 1. The minimum absolute atomic E-state index is 0.0209. The van der Waals surface area contributed by atoms with E-state index >= 15 is 0 Å². The second-order valence-electron chi connectivity index (χ2n) is 6.36. The van der Waals surface area contributed by atoms with E-state index in [0.717, 1.165) is 4.47 Å². The molecule has 0 saturated heterocycles. The third kappa shape index (κ3) is 5.49. The number of nitrogens with one attached hydrogen (secondary N) is 2. The first-order valence-electron chi connectivity index (χ1n) is 8.88. The number of hydrogen-bond donors (Lipinski definition) is 2. The standard InChI is InChI=1S/C20H17BrN4O4S/c1-12-2-3-14(10-17(12)25(28)29)16-11-30-20(23-16)24-18(26)8-9-22-19(27)13-4-6-15(21)7-5-13/h2-7,10-11H,8-9H2,1H3,(H,22,27)(H,23,24,26). The summed E-state index contributed by atoms with van der Waals surface area (Å²) in [6.45, 7) is 1.85. The summed E-state index contributed by atoms with van der Waals surface area (Å²) in [6, 6.07) is 11.8. The Bertz CT molecular complexity index is 1100. The first-order valence-corrected chi connectivity index (χ1v) is 10.6. The predicted molar refractivity (Wildman–Crippen MR) is 119 cm³/mol. The molecule has 10 heteroatoms. The van der Waals surface area contributed by atoms with Gasteiger partial charge in [0.15, 0.2) is 5.13 Å². The van der Waals surface area contributed by atoms with Gasteiger partial charge in [-0.15, -0.1) is 11.3 Å². The molecule has 0 atom stereocenters. The quantitative estimate of drug-likeness (QED) is 0.374. The minimum Gasteiger partial charge on any atom is -0.352 e. The van der Waals surface area contributed by atoms with Crippen molar-refractivity contribution in [3.8, 4) is 11.3 Å². The van der Waals surface area contributed by atoms with Gasteiger partial charge in [0.1, 0.15) is 0 Å². The average Bonchev–Trinajstić information content (AvgIpc) is 3.16. The summed E-state index contributed by atoms with van der Waals surface area (Å²) in [4.78, 5) is 39.2. The topological polar surface area (TPSA) is 114 Å². The van der Waals surface area contributed by atoms with Gasteiger partial charge in [-0.1, -0.05) is 28.1 Å². The summed E-state index contributed by atoms with van der Waals surface area (Å²) in [5.74, 6) is -0.547. The van der Waals surface area contributed by atoms with Gasteiger partial charge in [-0.2, -0.15) is 0 Å². The van der Waals surface area contributed by atoms with Crippen molar-refractivity contribution < 1.29 is 14.5 Å². The number of anilines is 1. The van der Waals surface area contributed by atoms with Crippen molar-refractivity contribution in [2.75, 3.05) is 11.9 Å². The molecule has 8 nitrogen and oxygen atoms in total. The van der Waals surface area contributed by atoms with Gasteiger partial charge in [-0.3, -0.25) is 19.7 Å². The molecule has 0 spiro atoms. The van der Waals surface area contributed by atoms with Gasteiger partial charge in [-0.05, 0) is 31.2 Å². The lowest BCUT2D eigenvalue weighted by molar-refractivity contribution is -0.385. The van der Waals surface area contributed by atoms with E-state index in [9.17, 15) is 19.7 Å². The van der Waals surface area contributed by atoms with E-state index in [1.807, 2.05) is 0 Å². The molecule has 1 aromatic heterocycles. The first-order chi connectivity index (χ1) is 14.3. The van der Waals surface area contributed by atoms with E-state index in [1.54, 1.807) is 48.7 Å². The number of carbonyl (C=O) groups is 2. The van der Waals surface area contributed by atoms with Gasteiger partial charge < -0.3 is 10.6 Å². The molecule has 3 aromatic rings. The summed E-state index contributed by atoms with van der Waals surface area (Å²) in [7, 11) is 0. The maximum absolute atomic E-state index is 12.1. The van der Waals surface area contributed by atoms with Crippen molar-refractivity contribution >= 4 is 49.9 Å². The first kappa shape index (κ1) is 21.6. The number of hydrogen-bond acceptors (Lipinski definition) is 6. The Morgan fingerprint density at radius 2 is 1.93 bits per heavy atom. The largest absolute Gasteiger partial charge is 0.352 e. The zero-order valence-electron chi connectivity index (χ0n) is 15.8. The maximum atomic E-state index is 12.1. The van der Waals surface area contributed by atoms with E-state index < -0.39 is 4.92 Å². The van der Waals surface area contributed by atoms with Gasteiger partial charge >= 0.3 is 0 Å². The van der Waals surface area contributed by atoms with Gasteiger partial charge in [-0.25, -0.2) is 4.98 Å². The van der Waals surface area contributed by atoms with Gasteiger partial charge in [0, 0.05) is 45.6 Å². The molecule has 30 heavy (non-hydrogen) atoms. The van der Waals surface area contributed by atoms with Crippen LogP contribution in [0.25, 0.3) is 11.3 Å². The fourth-order valence-electron chi connectivity index (χ4n) is 2.60. The molecule has 0 aliphatic heterocycles. The van der Waals surface area contributed by atoms with E-state index in [0.29, 0.717) is 27.5 Å². The van der Waals surface area contributed by atoms with Gasteiger partial charge in [0.25, 0.3) is 11.6 Å². The summed E-state index contributed by atoms with van der Waals surface area (Å²) in [6.07, 6.45) is 0.0905. The van der Waals surface area contributed by atoms with E-state index in [2.05, 4.69) is 31.5 Å². The van der Waals surface area contributed by atoms with Crippen LogP contribution in [0.2, 0.25) is 0 Å². The van der Waals surface area contributed by atoms with E-state index in [4.69, 9.17) is 0 Å². The fraction of sp³-hybridized carbons (Fsp3) is 0.150. The maximum Gasteiger partial charge on any atom is 0.272 e. The van der Waals surface area contributed by atoms with E-state index in [-0.39, 0.29) is 30.5 Å². The number of carbonyl (C=O) groups excluding carboxylic acids is 2. The molecule has 0 saturated carbocycles. The Hall–Kier alpha value is -3.11. The summed E-state index contributed by atoms with van der Waals surface area (Å²) in [5.41, 5.74) is 2.24. The van der Waals surface area contributed by atoms with Crippen molar-refractivity contribution in [2.45, 2.75) is 13.3 Å². The second kappa shape index (κ2) is 9.59. The van der Waals surface area contributed by atoms with Crippen molar-refractivity contribution in [2.24, 2.45) is 0 Å². The zero-order chi connectivity index (χ0) is 21.7. The smallest absolute Gasteiger partial charge is 0.272 e. The molecular formula is C20H17BrN4O4S. The molecule has 1 heterocycles. The van der Waals surface area contributed by atoms with Crippen LogP contribution in [0, 0.1) is 17.0 Å². The Morgan fingerprint density at radius 3 is 2.63 bits per heavy atom. The van der Waals surface area contributed by atoms with Crippen LogP contribution >= 0.6 is 27.3 Å². The number of nitro benzene ring substituents is 1.